The maximum Gasteiger partial charge on any atom is 0.0678 e. The van der Waals surface area contributed by atoms with Crippen LogP contribution in [-0.2, 0) is 0 Å². The lowest BCUT2D eigenvalue weighted by atomic mass is 10.0. The molecule has 0 aromatic heterocycles. The topological polar surface area (TPSA) is 20.2 Å². The molecule has 0 bridgehead atoms. The molecular formula is C21H34O. The second-order valence-electron chi connectivity index (χ2n) is 4.73. The normalized spacial score (nSPS) is 12.4. The van der Waals surface area contributed by atoms with Gasteiger partial charge in [-0.15, -0.1) is 0 Å². The lowest BCUT2D eigenvalue weighted by Crippen LogP contribution is -1.88. The van der Waals surface area contributed by atoms with Crippen LogP contribution in [0.3, 0.4) is 0 Å². The summed E-state index contributed by atoms with van der Waals surface area (Å²) in [5.41, 5.74) is 3.16. The van der Waals surface area contributed by atoms with Crippen LogP contribution in [-0.4, -0.2) is 11.7 Å². The molecule has 0 saturated carbocycles. The van der Waals surface area contributed by atoms with Crippen LogP contribution in [0.5, 0.6) is 0 Å². The summed E-state index contributed by atoms with van der Waals surface area (Å²) < 4.78 is 0. The lowest BCUT2D eigenvalue weighted by molar-refractivity contribution is 0.334. The minimum atomic E-state index is 0.0811. The molecule has 0 spiro atoms. The molecule has 0 radical (unpaired) electrons. The maximum absolute atomic E-state index is 9.30. The Labute approximate surface area is 138 Å². The largest absolute Gasteiger partial charge is 0.392 e. The van der Waals surface area contributed by atoms with Crippen LogP contribution in [0, 0.1) is 0 Å². The van der Waals surface area contributed by atoms with Crippen LogP contribution < -0.4 is 0 Å². The number of aliphatic hydroxyl groups excluding tert-OH is 1. The molecule has 0 atom stereocenters. The number of hydrogen-bond donors (Lipinski definition) is 1. The molecule has 22 heavy (non-hydrogen) atoms. The zero-order chi connectivity index (χ0) is 17.2. The van der Waals surface area contributed by atoms with Crippen LogP contribution in [0.1, 0.15) is 53.4 Å². The molecule has 0 rings (SSSR count). The average molecular weight is 303 g/mol. The summed E-state index contributed by atoms with van der Waals surface area (Å²) in [6.07, 6.45) is 18.0. The van der Waals surface area contributed by atoms with E-state index < -0.39 is 0 Å². The highest BCUT2D eigenvalue weighted by molar-refractivity contribution is 5.34. The van der Waals surface area contributed by atoms with Crippen LogP contribution >= 0.6 is 0 Å². The lowest BCUT2D eigenvalue weighted by Gasteiger charge is -2.02. The van der Waals surface area contributed by atoms with Crippen molar-refractivity contribution in [2.75, 3.05) is 6.61 Å². The molecule has 0 fully saturated rings. The number of allylic oxidation sites excluding steroid dienone is 8. The van der Waals surface area contributed by atoms with Crippen molar-refractivity contribution in [1.29, 1.82) is 0 Å². The molecule has 0 aliphatic heterocycles. The quantitative estimate of drug-likeness (QED) is 0.370. The van der Waals surface area contributed by atoms with E-state index in [1.165, 1.54) is 12.0 Å². The summed E-state index contributed by atoms with van der Waals surface area (Å²) in [4.78, 5) is 0. The van der Waals surface area contributed by atoms with Gasteiger partial charge in [0.2, 0.25) is 0 Å². The average Bonchev–Trinajstić information content (AvgIpc) is 2.53. The Morgan fingerprint density at radius 3 is 2.27 bits per heavy atom. The van der Waals surface area contributed by atoms with Gasteiger partial charge in [0, 0.05) is 0 Å². The maximum atomic E-state index is 9.30. The summed E-state index contributed by atoms with van der Waals surface area (Å²) in [5, 5.41) is 9.30. The number of rotatable bonds is 10. The molecule has 0 heterocycles. The molecule has 0 saturated heterocycles. The minimum Gasteiger partial charge on any atom is -0.392 e. The molecule has 0 aliphatic rings. The van der Waals surface area contributed by atoms with Gasteiger partial charge in [-0.3, -0.25) is 0 Å². The monoisotopic (exact) mass is 302 g/mol. The van der Waals surface area contributed by atoms with Gasteiger partial charge in [0.05, 0.1) is 6.61 Å². The Morgan fingerprint density at radius 2 is 1.77 bits per heavy atom. The van der Waals surface area contributed by atoms with Gasteiger partial charge >= 0.3 is 0 Å². The van der Waals surface area contributed by atoms with E-state index in [-0.39, 0.29) is 6.61 Å². The van der Waals surface area contributed by atoms with E-state index in [2.05, 4.69) is 32.2 Å². The Kier molecular flexibility index (Phi) is 18.0. The van der Waals surface area contributed by atoms with Gasteiger partial charge in [-0.1, -0.05) is 94.9 Å². The van der Waals surface area contributed by atoms with Crippen LogP contribution in [0.4, 0.5) is 0 Å². The summed E-state index contributed by atoms with van der Waals surface area (Å²) in [7, 11) is 0. The van der Waals surface area contributed by atoms with Crippen LogP contribution in [0.2, 0.25) is 0 Å². The van der Waals surface area contributed by atoms with Gasteiger partial charge in [-0.05, 0) is 30.9 Å². The predicted molar refractivity (Wildman–Crippen MR) is 102 cm³/mol. The highest BCUT2D eigenvalue weighted by atomic mass is 16.3. The molecule has 0 aromatic carbocycles. The first-order valence-electron chi connectivity index (χ1n) is 8.27. The minimum absolute atomic E-state index is 0.0811. The van der Waals surface area contributed by atoms with Crippen molar-refractivity contribution < 1.29 is 5.11 Å². The fourth-order valence-corrected chi connectivity index (χ4v) is 1.76. The molecule has 1 N–H and O–H groups in total. The molecule has 0 aliphatic carbocycles. The van der Waals surface area contributed by atoms with E-state index in [0.717, 1.165) is 30.4 Å². The van der Waals surface area contributed by atoms with E-state index in [0.29, 0.717) is 0 Å². The van der Waals surface area contributed by atoms with E-state index in [1.807, 2.05) is 45.1 Å². The van der Waals surface area contributed by atoms with E-state index in [1.54, 1.807) is 6.08 Å². The summed E-state index contributed by atoms with van der Waals surface area (Å²) in [6.45, 7) is 16.0. The standard InChI is InChI=1S/C19H28O.C2H6/c1-5-8-9-12-19(16-20)14-13-17(4)15-18(10-6-2)11-7-3;1-2/h6-7,10-14,20H,2,4-5,8-9,15-16H2,1,3H3;1-2H3/b11-7-,14-13-,18-10+,19-12+;. The Bertz CT molecular complexity index is 406. The first kappa shape index (κ1) is 22.7. The third kappa shape index (κ3) is 13.4. The molecule has 0 amide bonds. The second kappa shape index (κ2) is 17.5. The van der Waals surface area contributed by atoms with E-state index in [4.69, 9.17) is 0 Å². The summed E-state index contributed by atoms with van der Waals surface area (Å²) in [6, 6.07) is 0. The van der Waals surface area contributed by atoms with Gasteiger partial charge in [0.15, 0.2) is 0 Å². The fourth-order valence-electron chi connectivity index (χ4n) is 1.76. The zero-order valence-electron chi connectivity index (χ0n) is 14.9. The molecule has 124 valence electrons. The number of aliphatic hydroxyl groups is 1. The van der Waals surface area contributed by atoms with Crippen LogP contribution in [0.25, 0.3) is 0 Å². The molecular weight excluding hydrogens is 268 g/mol. The zero-order valence-corrected chi connectivity index (χ0v) is 14.9. The van der Waals surface area contributed by atoms with Crippen molar-refractivity contribution in [3.05, 3.63) is 72.4 Å². The predicted octanol–water partition coefficient (Wildman–Crippen LogP) is 6.31. The van der Waals surface area contributed by atoms with Gasteiger partial charge in [-0.25, -0.2) is 0 Å². The fraction of sp³-hybridized carbons (Fsp3) is 0.429. The van der Waals surface area contributed by atoms with Gasteiger partial charge in [-0.2, -0.15) is 0 Å². The van der Waals surface area contributed by atoms with Crippen molar-refractivity contribution in [2.45, 2.75) is 53.4 Å². The summed E-state index contributed by atoms with van der Waals surface area (Å²) in [5.74, 6) is 0. The molecule has 0 unspecified atom stereocenters. The van der Waals surface area contributed by atoms with Crippen molar-refractivity contribution in [2.24, 2.45) is 0 Å². The van der Waals surface area contributed by atoms with Crippen LogP contribution in [0.15, 0.2) is 72.4 Å². The van der Waals surface area contributed by atoms with Crippen molar-refractivity contribution in [1.82, 2.24) is 0 Å². The van der Waals surface area contributed by atoms with Crippen molar-refractivity contribution in [3.8, 4) is 0 Å². The van der Waals surface area contributed by atoms with E-state index in [9.17, 15) is 5.11 Å². The van der Waals surface area contributed by atoms with Gasteiger partial charge in [0.1, 0.15) is 0 Å². The van der Waals surface area contributed by atoms with E-state index >= 15 is 0 Å². The number of hydrogen-bond acceptors (Lipinski definition) is 1. The van der Waals surface area contributed by atoms with Crippen molar-refractivity contribution >= 4 is 0 Å². The number of unbranched alkanes of at least 4 members (excludes halogenated alkanes) is 2. The molecule has 0 aromatic rings. The smallest absolute Gasteiger partial charge is 0.0678 e. The first-order chi connectivity index (χ1) is 10.7. The highest BCUT2D eigenvalue weighted by Gasteiger charge is 1.95. The first-order valence-corrected chi connectivity index (χ1v) is 8.27. The SMILES string of the molecule is C=C/C=C(\C=C/C)CC(=C)/C=C\C(=C/CCCC)CO.CC. The van der Waals surface area contributed by atoms with Gasteiger partial charge < -0.3 is 5.11 Å². The third-order valence-corrected chi connectivity index (χ3v) is 2.82. The summed E-state index contributed by atoms with van der Waals surface area (Å²) >= 11 is 0. The Morgan fingerprint density at radius 1 is 1.09 bits per heavy atom. The Hall–Kier alpha value is -1.60. The molecule has 1 nitrogen and oxygen atoms in total. The molecule has 1 heteroatoms. The second-order valence-corrected chi connectivity index (χ2v) is 4.73. The Balaban J connectivity index is 0. The van der Waals surface area contributed by atoms with Gasteiger partial charge in [0.25, 0.3) is 0 Å². The van der Waals surface area contributed by atoms with Crippen molar-refractivity contribution in [3.63, 3.8) is 0 Å². The highest BCUT2D eigenvalue weighted by Crippen LogP contribution is 2.13. The third-order valence-electron chi connectivity index (χ3n) is 2.82.